The summed E-state index contributed by atoms with van der Waals surface area (Å²) in [5, 5.41) is 11.6. The second-order valence-corrected chi connectivity index (χ2v) is 4.73. The van der Waals surface area contributed by atoms with Gasteiger partial charge in [-0.3, -0.25) is 0 Å². The molecule has 1 unspecified atom stereocenters. The lowest BCUT2D eigenvalue weighted by atomic mass is 10.00. The summed E-state index contributed by atoms with van der Waals surface area (Å²) in [7, 11) is 4.88. The molecule has 0 spiro atoms. The Bertz CT molecular complexity index is 605. The molecule has 108 valence electrons. The summed E-state index contributed by atoms with van der Waals surface area (Å²) in [4.78, 5) is 0. The highest BCUT2D eigenvalue weighted by molar-refractivity contribution is 5.92. The van der Waals surface area contributed by atoms with Crippen LogP contribution in [0.3, 0.4) is 0 Å². The Labute approximate surface area is 118 Å². The third kappa shape index (κ3) is 2.65. The number of aliphatic hydroxyl groups is 1. The molecule has 1 N–H and O–H groups in total. The highest BCUT2D eigenvalue weighted by Crippen LogP contribution is 2.39. The van der Waals surface area contributed by atoms with Gasteiger partial charge in [-0.1, -0.05) is 0 Å². The van der Waals surface area contributed by atoms with Crippen molar-refractivity contribution in [1.82, 2.24) is 0 Å². The number of benzene rings is 2. The largest absolute Gasteiger partial charge is 0.497 e. The Morgan fingerprint density at radius 2 is 1.80 bits per heavy atom. The maximum Gasteiger partial charge on any atom is 0.133 e. The molecule has 0 aromatic heterocycles. The van der Waals surface area contributed by atoms with Crippen molar-refractivity contribution in [3.63, 3.8) is 0 Å². The van der Waals surface area contributed by atoms with Crippen LogP contribution in [0.4, 0.5) is 0 Å². The van der Waals surface area contributed by atoms with Crippen molar-refractivity contribution < 1.29 is 19.3 Å². The van der Waals surface area contributed by atoms with Crippen molar-refractivity contribution in [3.8, 4) is 17.2 Å². The fourth-order valence-electron chi connectivity index (χ4n) is 2.40. The van der Waals surface area contributed by atoms with Gasteiger partial charge < -0.3 is 19.3 Å². The van der Waals surface area contributed by atoms with E-state index in [4.69, 9.17) is 14.2 Å². The topological polar surface area (TPSA) is 47.9 Å². The summed E-state index contributed by atoms with van der Waals surface area (Å²) >= 11 is 0. The van der Waals surface area contributed by atoms with Gasteiger partial charge in [-0.05, 0) is 36.6 Å². The lowest BCUT2D eigenvalue weighted by Crippen LogP contribution is -2.08. The normalized spacial score (nSPS) is 12.2. The summed E-state index contributed by atoms with van der Waals surface area (Å²) in [5.74, 6) is 2.23. The van der Waals surface area contributed by atoms with E-state index in [0.29, 0.717) is 12.2 Å². The van der Waals surface area contributed by atoms with Crippen molar-refractivity contribution >= 4 is 10.8 Å². The molecule has 0 saturated carbocycles. The van der Waals surface area contributed by atoms with Crippen LogP contribution < -0.4 is 14.2 Å². The van der Waals surface area contributed by atoms with E-state index in [9.17, 15) is 5.11 Å². The molecule has 1 atom stereocenters. The molecule has 0 aliphatic rings. The van der Waals surface area contributed by atoms with Gasteiger partial charge in [-0.25, -0.2) is 0 Å². The number of ether oxygens (including phenoxy) is 3. The van der Waals surface area contributed by atoms with Crippen LogP contribution in [0.5, 0.6) is 17.2 Å². The first-order valence-corrected chi connectivity index (χ1v) is 6.50. The van der Waals surface area contributed by atoms with E-state index in [-0.39, 0.29) is 0 Å². The van der Waals surface area contributed by atoms with Gasteiger partial charge in [0.2, 0.25) is 0 Å². The third-order valence-corrected chi connectivity index (χ3v) is 3.29. The number of methoxy groups -OCH3 is 3. The standard InChI is InChI=1S/C16H20O4/c1-10(17)7-14-15(19-3)9-11-8-12(18-2)5-6-13(11)16(14)20-4/h5-6,8-10,17H,7H2,1-4H3. The van der Waals surface area contributed by atoms with E-state index in [1.807, 2.05) is 24.3 Å². The number of hydrogen-bond donors (Lipinski definition) is 1. The molecule has 2 aromatic carbocycles. The summed E-state index contributed by atoms with van der Waals surface area (Å²) in [6, 6.07) is 7.73. The maximum atomic E-state index is 9.67. The Balaban J connectivity index is 2.71. The number of rotatable bonds is 5. The number of hydrogen-bond acceptors (Lipinski definition) is 4. The van der Waals surface area contributed by atoms with Crippen molar-refractivity contribution in [2.24, 2.45) is 0 Å². The molecule has 4 heteroatoms. The minimum Gasteiger partial charge on any atom is -0.497 e. The Morgan fingerprint density at radius 1 is 1.05 bits per heavy atom. The SMILES string of the molecule is COc1ccc2c(OC)c(CC(C)O)c(OC)cc2c1. The minimum atomic E-state index is -0.464. The van der Waals surface area contributed by atoms with E-state index in [2.05, 4.69) is 0 Å². The van der Waals surface area contributed by atoms with Crippen LogP contribution in [0.1, 0.15) is 12.5 Å². The van der Waals surface area contributed by atoms with Gasteiger partial charge in [0.15, 0.2) is 0 Å². The van der Waals surface area contributed by atoms with E-state index < -0.39 is 6.10 Å². The molecule has 0 amide bonds. The van der Waals surface area contributed by atoms with Gasteiger partial charge in [-0.2, -0.15) is 0 Å². The van der Waals surface area contributed by atoms with Gasteiger partial charge in [0, 0.05) is 17.4 Å². The Kier molecular flexibility index (Phi) is 4.35. The lowest BCUT2D eigenvalue weighted by molar-refractivity contribution is 0.193. The van der Waals surface area contributed by atoms with Crippen LogP contribution in [-0.2, 0) is 6.42 Å². The first-order chi connectivity index (χ1) is 9.60. The van der Waals surface area contributed by atoms with Crippen molar-refractivity contribution in [2.45, 2.75) is 19.4 Å². The summed E-state index contributed by atoms with van der Waals surface area (Å²) in [5.41, 5.74) is 0.877. The lowest BCUT2D eigenvalue weighted by Gasteiger charge is -2.17. The predicted octanol–water partition coefficient (Wildman–Crippen LogP) is 2.79. The first kappa shape index (κ1) is 14.5. The van der Waals surface area contributed by atoms with Crippen LogP contribution in [0.15, 0.2) is 24.3 Å². The van der Waals surface area contributed by atoms with E-state index in [1.165, 1.54) is 0 Å². The summed E-state index contributed by atoms with van der Waals surface area (Å²) in [6.07, 6.45) is 0.0161. The van der Waals surface area contributed by atoms with Gasteiger partial charge in [0.25, 0.3) is 0 Å². The summed E-state index contributed by atoms with van der Waals surface area (Å²) < 4.78 is 16.2. The average molecular weight is 276 g/mol. The summed E-state index contributed by atoms with van der Waals surface area (Å²) in [6.45, 7) is 1.75. The van der Waals surface area contributed by atoms with Crippen LogP contribution in [0.2, 0.25) is 0 Å². The maximum absolute atomic E-state index is 9.67. The van der Waals surface area contributed by atoms with E-state index in [1.54, 1.807) is 28.3 Å². The third-order valence-electron chi connectivity index (χ3n) is 3.29. The molecule has 0 saturated heterocycles. The average Bonchev–Trinajstić information content (AvgIpc) is 2.45. The van der Waals surface area contributed by atoms with E-state index >= 15 is 0 Å². The van der Waals surface area contributed by atoms with Gasteiger partial charge in [0.1, 0.15) is 17.2 Å². The molecule has 2 rings (SSSR count). The molecule has 0 aliphatic carbocycles. The van der Waals surface area contributed by atoms with Crippen molar-refractivity contribution in [3.05, 3.63) is 29.8 Å². The van der Waals surface area contributed by atoms with Gasteiger partial charge in [0.05, 0.1) is 27.4 Å². The minimum absolute atomic E-state index is 0.464. The zero-order valence-corrected chi connectivity index (χ0v) is 12.3. The molecular formula is C16H20O4. The molecule has 0 radical (unpaired) electrons. The second-order valence-electron chi connectivity index (χ2n) is 4.73. The Hall–Kier alpha value is -1.94. The van der Waals surface area contributed by atoms with Crippen LogP contribution in [0, 0.1) is 0 Å². The predicted molar refractivity (Wildman–Crippen MR) is 79.0 cm³/mol. The van der Waals surface area contributed by atoms with Crippen LogP contribution in [0.25, 0.3) is 10.8 Å². The highest BCUT2D eigenvalue weighted by atomic mass is 16.5. The zero-order valence-electron chi connectivity index (χ0n) is 12.3. The van der Waals surface area contributed by atoms with Crippen LogP contribution >= 0.6 is 0 Å². The molecular weight excluding hydrogens is 256 g/mol. The van der Waals surface area contributed by atoms with Gasteiger partial charge in [-0.15, -0.1) is 0 Å². The number of fused-ring (bicyclic) bond motifs is 1. The quantitative estimate of drug-likeness (QED) is 0.912. The Morgan fingerprint density at radius 3 is 2.35 bits per heavy atom. The fourth-order valence-corrected chi connectivity index (χ4v) is 2.40. The van der Waals surface area contributed by atoms with E-state index in [0.717, 1.165) is 27.8 Å². The second kappa shape index (κ2) is 6.01. The van der Waals surface area contributed by atoms with Crippen LogP contribution in [-0.4, -0.2) is 32.5 Å². The monoisotopic (exact) mass is 276 g/mol. The molecule has 0 bridgehead atoms. The fraction of sp³-hybridized carbons (Fsp3) is 0.375. The van der Waals surface area contributed by atoms with Crippen molar-refractivity contribution in [2.75, 3.05) is 21.3 Å². The molecule has 2 aromatic rings. The molecule has 0 aliphatic heterocycles. The zero-order chi connectivity index (χ0) is 14.7. The first-order valence-electron chi connectivity index (χ1n) is 6.50. The highest BCUT2D eigenvalue weighted by Gasteiger charge is 2.17. The molecule has 20 heavy (non-hydrogen) atoms. The van der Waals surface area contributed by atoms with Crippen molar-refractivity contribution in [1.29, 1.82) is 0 Å². The number of aliphatic hydroxyl groups excluding tert-OH is 1. The molecule has 4 nitrogen and oxygen atoms in total. The van der Waals surface area contributed by atoms with Gasteiger partial charge >= 0.3 is 0 Å². The molecule has 0 heterocycles. The molecule has 0 fully saturated rings. The smallest absolute Gasteiger partial charge is 0.133 e.